The van der Waals surface area contributed by atoms with E-state index in [1.54, 1.807) is 28.4 Å². The van der Waals surface area contributed by atoms with Crippen molar-refractivity contribution in [3.05, 3.63) is 46.7 Å². The fraction of sp³-hybridized carbons (Fsp3) is 0.711. The van der Waals surface area contributed by atoms with Gasteiger partial charge in [0, 0.05) is 56.3 Å². The van der Waals surface area contributed by atoms with Gasteiger partial charge in [0.15, 0.2) is 5.13 Å². The molecule has 6 N–H and O–H groups in total. The summed E-state index contributed by atoms with van der Waals surface area (Å²) in [6.45, 7) is 4.90. The van der Waals surface area contributed by atoms with E-state index in [9.17, 15) is 19.9 Å². The van der Waals surface area contributed by atoms with Gasteiger partial charge in [-0.25, -0.2) is 9.78 Å². The largest absolute Gasteiger partial charge is 0.712 e. The number of nitrogens with zero attached hydrogens (tertiary/aromatic N) is 6. The number of carbonyl (C=O) groups is 3. The molecule has 0 bridgehead atoms. The summed E-state index contributed by atoms with van der Waals surface area (Å²) in [6.07, 6.45) is 14.6. The highest BCUT2D eigenvalue weighted by Gasteiger charge is 2.34. The van der Waals surface area contributed by atoms with Gasteiger partial charge in [0.2, 0.25) is 11.8 Å². The number of pyridine rings is 1. The van der Waals surface area contributed by atoms with Crippen molar-refractivity contribution < 1.29 is 14.4 Å². The van der Waals surface area contributed by atoms with E-state index >= 15 is 0 Å². The van der Waals surface area contributed by atoms with Crippen molar-refractivity contribution in [2.45, 2.75) is 128 Å². The lowest BCUT2D eigenvalue weighted by atomic mass is 9.81. The molecule has 52 heavy (non-hydrogen) atoms. The molecule has 0 aliphatic heterocycles. The third kappa shape index (κ3) is 13.4. The number of hydrogen-bond donors (Lipinski definition) is 4. The molecule has 0 saturated heterocycles. The molecule has 2 heterocycles. The van der Waals surface area contributed by atoms with Crippen LogP contribution in [0, 0.1) is 17.8 Å². The lowest BCUT2D eigenvalue weighted by Gasteiger charge is -2.36. The zero-order valence-electron chi connectivity index (χ0n) is 31.4. The summed E-state index contributed by atoms with van der Waals surface area (Å²) in [4.78, 5) is 54.0. The van der Waals surface area contributed by atoms with Gasteiger partial charge in [-0.2, -0.15) is 0 Å². The standard InChI is InChI=1S/C38H61N10O3S/c1-26(2)20-31(39)35(46-41)32(21-27-12-6-4-7-13-27)44-36(50)33(22-30-25-52-37(40)43-30)45-38(51)48(23-28-14-8-5-9-15-28)24-34(49)47(3)19-17-29-16-10-11-18-42-29/h10-11,16,18,25-28,31-33,35H,4-9,12-15,17,19-24,39H2,1-3H3,(H2,40,43)(H,44,50)(H,45,51)/q-1/t31-,32-,33-,35-/m0/s1. The number of thiazole rings is 1. The van der Waals surface area contributed by atoms with E-state index in [1.807, 2.05) is 18.2 Å². The van der Waals surface area contributed by atoms with Crippen LogP contribution >= 0.6 is 11.3 Å². The molecular formula is C38H61N10O3S-. The Hall–Kier alpha value is -3.65. The van der Waals surface area contributed by atoms with Crippen LogP contribution in [0.1, 0.15) is 102 Å². The first kappa shape index (κ1) is 41.1. The van der Waals surface area contributed by atoms with Crippen molar-refractivity contribution in [2.75, 3.05) is 32.4 Å². The minimum absolute atomic E-state index is 0.107. The van der Waals surface area contributed by atoms with Crippen LogP contribution in [0.15, 0.2) is 34.9 Å². The summed E-state index contributed by atoms with van der Waals surface area (Å²) >= 11 is 1.27. The number of urea groups is 1. The van der Waals surface area contributed by atoms with E-state index in [2.05, 4.69) is 39.6 Å². The number of aromatic nitrogens is 2. The third-order valence-corrected chi connectivity index (χ3v) is 11.4. The fourth-order valence-corrected chi connectivity index (χ4v) is 8.29. The fourth-order valence-electron chi connectivity index (χ4n) is 7.71. The second kappa shape index (κ2) is 21.2. The average molecular weight is 738 g/mol. The lowest BCUT2D eigenvalue weighted by molar-refractivity contribution is -0.130. The molecule has 2 aromatic rings. The number of amides is 4. The van der Waals surface area contributed by atoms with Gasteiger partial charge in [-0.05, 0) is 55.6 Å². The quantitative estimate of drug-likeness (QED) is 0.136. The maximum atomic E-state index is 14.3. The molecule has 2 aromatic heterocycles. The van der Waals surface area contributed by atoms with Gasteiger partial charge in [-0.1, -0.05) is 71.3 Å². The van der Waals surface area contributed by atoms with E-state index in [-0.39, 0.29) is 30.7 Å². The SMILES string of the molecule is CC(C)C[C@H](N)[C@H](N=[N-])[C@H](CC1CCCCC1)NC(=O)[C@H](Cc1csc(N)n1)NC(=O)N(CC(=O)N(C)CCc1ccccn1)CC1CCCCC1. The van der Waals surface area contributed by atoms with E-state index in [4.69, 9.17) is 11.5 Å². The summed E-state index contributed by atoms with van der Waals surface area (Å²) in [5.41, 5.74) is 24.3. The molecule has 0 spiro atoms. The van der Waals surface area contributed by atoms with Crippen molar-refractivity contribution in [3.8, 4) is 0 Å². The second-order valence-corrected chi connectivity index (χ2v) is 16.3. The number of nitrogen functional groups attached to an aromatic ring is 1. The molecule has 14 heteroatoms. The highest BCUT2D eigenvalue weighted by atomic mass is 32.1. The first-order valence-corrected chi connectivity index (χ1v) is 20.2. The number of carbonyl (C=O) groups excluding carboxylic acids is 3. The number of rotatable bonds is 19. The molecular weight excluding hydrogens is 677 g/mol. The van der Waals surface area contributed by atoms with Gasteiger partial charge < -0.3 is 42.5 Å². The molecule has 4 amide bonds. The molecule has 4 rings (SSSR count). The maximum absolute atomic E-state index is 14.3. The van der Waals surface area contributed by atoms with Crippen LogP contribution < -0.4 is 22.1 Å². The summed E-state index contributed by atoms with van der Waals surface area (Å²) in [5, 5.41) is 12.0. The van der Waals surface area contributed by atoms with Crippen molar-refractivity contribution >= 4 is 34.3 Å². The van der Waals surface area contributed by atoms with E-state index in [0.29, 0.717) is 49.1 Å². The maximum Gasteiger partial charge on any atom is 0.318 e. The minimum atomic E-state index is -1.02. The van der Waals surface area contributed by atoms with Gasteiger partial charge in [0.1, 0.15) is 12.6 Å². The topological polar surface area (TPSA) is 194 Å². The van der Waals surface area contributed by atoms with Crippen molar-refractivity contribution in [1.29, 1.82) is 0 Å². The number of anilines is 1. The molecule has 2 saturated carbocycles. The van der Waals surface area contributed by atoms with E-state index in [1.165, 1.54) is 24.2 Å². The van der Waals surface area contributed by atoms with Crippen LogP contribution in [0.25, 0.3) is 5.53 Å². The van der Waals surface area contributed by atoms with Crippen LogP contribution in [0.2, 0.25) is 0 Å². The van der Waals surface area contributed by atoms with Crippen molar-refractivity contribution in [3.63, 3.8) is 0 Å². The van der Waals surface area contributed by atoms with Crippen LogP contribution in [0.5, 0.6) is 0 Å². The van der Waals surface area contributed by atoms with Crippen molar-refractivity contribution in [1.82, 2.24) is 30.4 Å². The predicted octanol–water partition coefficient (Wildman–Crippen LogP) is 5.54. The lowest BCUT2D eigenvalue weighted by Crippen LogP contribution is -2.58. The Morgan fingerprint density at radius 3 is 2.31 bits per heavy atom. The molecule has 13 nitrogen and oxygen atoms in total. The number of hydrogen-bond acceptors (Lipinski definition) is 9. The van der Waals surface area contributed by atoms with Gasteiger partial charge >= 0.3 is 6.03 Å². The zero-order valence-corrected chi connectivity index (χ0v) is 32.2. The first-order valence-electron chi connectivity index (χ1n) is 19.3. The summed E-state index contributed by atoms with van der Waals surface area (Å²) in [6, 6.07) is 2.51. The Morgan fingerprint density at radius 2 is 1.71 bits per heavy atom. The third-order valence-electron chi connectivity index (χ3n) is 10.6. The average Bonchev–Trinajstić information content (AvgIpc) is 3.55. The smallest absolute Gasteiger partial charge is 0.318 e. The van der Waals surface area contributed by atoms with Crippen molar-refractivity contribution in [2.24, 2.45) is 28.6 Å². The molecule has 288 valence electrons. The molecule has 2 aliphatic rings. The van der Waals surface area contributed by atoms with E-state index in [0.717, 1.165) is 57.1 Å². The monoisotopic (exact) mass is 737 g/mol. The molecule has 0 aromatic carbocycles. The molecule has 0 radical (unpaired) electrons. The Bertz CT molecular complexity index is 1400. The summed E-state index contributed by atoms with van der Waals surface area (Å²) in [7, 11) is 1.74. The van der Waals surface area contributed by atoms with Crippen LogP contribution in [0.4, 0.5) is 9.93 Å². The first-order chi connectivity index (χ1) is 25.0. The number of likely N-dealkylation sites (N-methyl/N-ethyl adjacent to an activating group) is 1. The Labute approximate surface area is 314 Å². The van der Waals surface area contributed by atoms with Crippen LogP contribution in [0.3, 0.4) is 0 Å². The van der Waals surface area contributed by atoms with Gasteiger partial charge in [-0.15, -0.1) is 11.3 Å². The van der Waals surface area contributed by atoms with Gasteiger partial charge in [-0.3, -0.25) is 14.6 Å². The number of nitrogens with two attached hydrogens (primary N) is 2. The molecule has 0 unspecified atom stereocenters. The minimum Gasteiger partial charge on any atom is -0.712 e. The van der Waals surface area contributed by atoms with Gasteiger partial charge in [0.25, 0.3) is 0 Å². The second-order valence-electron chi connectivity index (χ2n) is 15.4. The van der Waals surface area contributed by atoms with Crippen LogP contribution in [-0.4, -0.2) is 88.5 Å². The van der Waals surface area contributed by atoms with Crippen LogP contribution in [-0.2, 0) is 22.4 Å². The summed E-state index contributed by atoms with van der Waals surface area (Å²) < 4.78 is 0. The zero-order chi connectivity index (χ0) is 37.5. The Morgan fingerprint density at radius 1 is 1.02 bits per heavy atom. The summed E-state index contributed by atoms with van der Waals surface area (Å²) in [5.74, 6) is 0.315. The highest BCUT2D eigenvalue weighted by Crippen LogP contribution is 2.30. The van der Waals surface area contributed by atoms with E-state index < -0.39 is 36.1 Å². The highest BCUT2D eigenvalue weighted by molar-refractivity contribution is 7.13. The predicted molar refractivity (Wildman–Crippen MR) is 206 cm³/mol. The molecule has 2 fully saturated rings. The van der Waals surface area contributed by atoms with Gasteiger partial charge in [0.05, 0.1) is 17.8 Å². The normalized spacial score (nSPS) is 17.9. The molecule has 4 atom stereocenters. The molecule has 2 aliphatic carbocycles. The number of nitrogens with one attached hydrogen (secondary N) is 2. The Balaban J connectivity index is 1.54. The Kier molecular flexibility index (Phi) is 16.7.